The topological polar surface area (TPSA) is 59.3 Å². The molecule has 4 rings (SSSR count). The van der Waals surface area contributed by atoms with Crippen molar-refractivity contribution in [3.05, 3.63) is 102 Å². The van der Waals surface area contributed by atoms with Gasteiger partial charge in [0.2, 0.25) is 10.0 Å². The third kappa shape index (κ3) is 4.88. The largest absolute Gasteiger partial charge is 0.508 e. The van der Waals surface area contributed by atoms with Gasteiger partial charge in [-0.1, -0.05) is 78.9 Å². The van der Waals surface area contributed by atoms with Gasteiger partial charge in [-0.2, -0.15) is 0 Å². The highest BCUT2D eigenvalue weighted by Gasteiger charge is 2.38. The van der Waals surface area contributed by atoms with Crippen LogP contribution in [0.15, 0.2) is 91.2 Å². The number of unbranched alkanes of at least 4 members (excludes halogenated alkanes) is 2. The van der Waals surface area contributed by atoms with Gasteiger partial charge in [0.1, 0.15) is 10.5 Å². The second-order valence-corrected chi connectivity index (χ2v) is 10.8. The van der Waals surface area contributed by atoms with Crippen LogP contribution in [-0.4, -0.2) is 22.2 Å². The molecule has 0 fully saturated rings. The maximum atomic E-state index is 13.6. The van der Waals surface area contributed by atoms with Gasteiger partial charge in [0.05, 0.1) is 5.52 Å². The van der Waals surface area contributed by atoms with Crippen LogP contribution in [0.5, 0.6) is 5.75 Å². The lowest BCUT2D eigenvalue weighted by atomic mass is 10.0. The van der Waals surface area contributed by atoms with Crippen molar-refractivity contribution < 1.29 is 13.5 Å². The van der Waals surface area contributed by atoms with Gasteiger partial charge in [0.25, 0.3) is 0 Å². The molecular weight excluding hydrogens is 430 g/mol. The van der Waals surface area contributed by atoms with Crippen molar-refractivity contribution in [2.75, 3.05) is 0 Å². The lowest BCUT2D eigenvalue weighted by Crippen LogP contribution is -2.37. The monoisotopic (exact) mass is 459 g/mol. The predicted octanol–water partition coefficient (Wildman–Crippen LogP) is 6.70. The minimum Gasteiger partial charge on any atom is -0.508 e. The van der Waals surface area contributed by atoms with E-state index >= 15 is 0 Å². The molecule has 0 amide bonds. The molecule has 0 saturated carbocycles. The maximum Gasteiger partial charge on any atom is 0.248 e. The number of para-hydroxylation sites is 1. The van der Waals surface area contributed by atoms with E-state index in [0.29, 0.717) is 11.9 Å². The van der Waals surface area contributed by atoms with E-state index in [2.05, 4.69) is 18.2 Å². The summed E-state index contributed by atoms with van der Waals surface area (Å²) in [5.41, 5.74) is 2.68. The van der Waals surface area contributed by atoms with E-state index < -0.39 is 14.8 Å². The Morgan fingerprint density at radius 1 is 1.00 bits per heavy atom. The van der Waals surface area contributed by atoms with E-state index in [0.717, 1.165) is 35.8 Å². The molecule has 3 aromatic rings. The average Bonchev–Trinajstić information content (AvgIpc) is 3.19. The molecule has 0 bridgehead atoms. The van der Waals surface area contributed by atoms with Crippen molar-refractivity contribution in [1.29, 1.82) is 0 Å². The normalized spacial score (nSPS) is 18.7. The average molecular weight is 460 g/mol. The van der Waals surface area contributed by atoms with Gasteiger partial charge in [-0.3, -0.25) is 0 Å². The number of aromatic hydroxyl groups is 1. The number of fused-ring (bicyclic) bond motifs is 1. The Labute approximate surface area is 195 Å². The summed E-state index contributed by atoms with van der Waals surface area (Å²) in [4.78, 5) is 0. The molecule has 4 nitrogen and oxygen atoms in total. The van der Waals surface area contributed by atoms with Crippen LogP contribution in [0.25, 0.3) is 23.1 Å². The molecule has 1 aromatic heterocycles. The molecule has 0 spiro atoms. The highest BCUT2D eigenvalue weighted by Crippen LogP contribution is 2.33. The molecule has 2 aromatic carbocycles. The van der Waals surface area contributed by atoms with Crippen LogP contribution in [0.3, 0.4) is 0 Å². The first-order valence-corrected chi connectivity index (χ1v) is 12.7. The summed E-state index contributed by atoms with van der Waals surface area (Å²) in [6.07, 6.45) is 20.7. The number of hydrogen-bond donors (Lipinski definition) is 1. The van der Waals surface area contributed by atoms with Gasteiger partial charge >= 0.3 is 0 Å². The van der Waals surface area contributed by atoms with Gasteiger partial charge < -0.3 is 5.11 Å². The van der Waals surface area contributed by atoms with Crippen LogP contribution >= 0.6 is 0 Å². The minimum absolute atomic E-state index is 0.271. The summed E-state index contributed by atoms with van der Waals surface area (Å²) >= 11 is 0. The molecule has 0 aliphatic heterocycles. The molecule has 1 atom stereocenters. The number of phenols is 1. The Morgan fingerprint density at radius 3 is 2.45 bits per heavy atom. The van der Waals surface area contributed by atoms with Gasteiger partial charge in [-0.15, -0.1) is 0 Å². The molecule has 33 heavy (non-hydrogen) atoms. The SMILES string of the molecule is CC1(S(=O)(=O)n2cc(/C=C/CCC/C=C/c3ccc(O)cc3)c3ccccc32)C=CC=CC1. The quantitative estimate of drug-likeness (QED) is 0.382. The van der Waals surface area contributed by atoms with Crippen LogP contribution in [0, 0.1) is 0 Å². The standard InChI is InChI=1S/C28H29NO3S/c1-28(20-10-5-11-21-28)33(31,32)29-22-24(26-14-8-9-15-27(26)29)13-7-4-2-3-6-12-23-16-18-25(30)19-17-23/h5-20,22,30H,2-4,21H2,1H3/b12-6+,13-7+. The van der Waals surface area contributed by atoms with Gasteiger partial charge in [-0.05, 0) is 56.4 Å². The van der Waals surface area contributed by atoms with Crippen LogP contribution in [0.2, 0.25) is 0 Å². The summed E-state index contributed by atoms with van der Waals surface area (Å²) in [5.74, 6) is 0.271. The minimum atomic E-state index is -3.62. The third-order valence-corrected chi connectivity index (χ3v) is 8.32. The Bertz CT molecular complexity index is 1340. The molecule has 1 unspecified atom stereocenters. The first-order valence-electron chi connectivity index (χ1n) is 11.2. The van der Waals surface area contributed by atoms with Gasteiger partial charge in [0, 0.05) is 17.1 Å². The number of nitrogens with zero attached hydrogens (tertiary/aromatic N) is 1. The van der Waals surface area contributed by atoms with E-state index in [1.165, 1.54) is 3.97 Å². The van der Waals surface area contributed by atoms with Crippen molar-refractivity contribution in [2.45, 2.75) is 37.4 Å². The maximum absolute atomic E-state index is 13.6. The zero-order valence-electron chi connectivity index (χ0n) is 18.8. The molecule has 0 saturated heterocycles. The van der Waals surface area contributed by atoms with Crippen LogP contribution in [-0.2, 0) is 10.0 Å². The second kappa shape index (κ2) is 9.67. The third-order valence-electron chi connectivity index (χ3n) is 6.02. The van der Waals surface area contributed by atoms with Crippen LogP contribution in [0.1, 0.15) is 43.7 Å². The van der Waals surface area contributed by atoms with E-state index in [1.807, 2.05) is 60.7 Å². The Morgan fingerprint density at radius 2 is 1.73 bits per heavy atom. The Balaban J connectivity index is 1.46. The number of benzene rings is 2. The van der Waals surface area contributed by atoms with E-state index in [9.17, 15) is 13.5 Å². The first kappa shape index (κ1) is 22.9. The molecule has 170 valence electrons. The van der Waals surface area contributed by atoms with E-state index in [1.54, 1.807) is 31.3 Å². The summed E-state index contributed by atoms with van der Waals surface area (Å²) in [6.45, 7) is 1.78. The number of aromatic nitrogens is 1. The van der Waals surface area contributed by atoms with Crippen molar-refractivity contribution in [3.63, 3.8) is 0 Å². The summed E-state index contributed by atoms with van der Waals surface area (Å²) in [5, 5.41) is 10.3. The fourth-order valence-corrected chi connectivity index (χ4v) is 5.68. The van der Waals surface area contributed by atoms with E-state index in [4.69, 9.17) is 0 Å². The van der Waals surface area contributed by atoms with Crippen LogP contribution < -0.4 is 0 Å². The van der Waals surface area contributed by atoms with Crippen molar-refractivity contribution in [1.82, 2.24) is 3.97 Å². The van der Waals surface area contributed by atoms with E-state index in [-0.39, 0.29) is 5.75 Å². The molecule has 5 heteroatoms. The Hall–Kier alpha value is -3.31. The molecule has 1 aliphatic carbocycles. The van der Waals surface area contributed by atoms with Crippen molar-refractivity contribution in [3.8, 4) is 5.75 Å². The molecular formula is C28H29NO3S. The predicted molar refractivity (Wildman–Crippen MR) is 138 cm³/mol. The zero-order valence-corrected chi connectivity index (χ0v) is 19.6. The second-order valence-electron chi connectivity index (χ2n) is 8.53. The Kier molecular flexibility index (Phi) is 6.70. The molecule has 1 heterocycles. The lowest BCUT2D eigenvalue weighted by Gasteiger charge is -2.27. The fourth-order valence-electron chi connectivity index (χ4n) is 4.00. The first-order chi connectivity index (χ1) is 15.9. The molecule has 1 aliphatic rings. The van der Waals surface area contributed by atoms with Crippen molar-refractivity contribution >= 4 is 33.1 Å². The zero-order chi connectivity index (χ0) is 23.3. The molecule has 1 N–H and O–H groups in total. The number of phenolic OH excluding ortho intramolecular Hbond substituents is 1. The molecule has 0 radical (unpaired) electrons. The number of hydrogen-bond acceptors (Lipinski definition) is 3. The number of allylic oxidation sites excluding steroid dienone is 5. The highest BCUT2D eigenvalue weighted by atomic mass is 32.2. The fraction of sp³-hybridized carbons (Fsp3) is 0.214. The smallest absolute Gasteiger partial charge is 0.248 e. The lowest BCUT2D eigenvalue weighted by molar-refractivity contribution is 0.475. The van der Waals surface area contributed by atoms with Gasteiger partial charge in [0.15, 0.2) is 0 Å². The van der Waals surface area contributed by atoms with Crippen molar-refractivity contribution in [2.24, 2.45) is 0 Å². The summed E-state index contributed by atoms with van der Waals surface area (Å²) in [7, 11) is -3.62. The van der Waals surface area contributed by atoms with Gasteiger partial charge in [-0.25, -0.2) is 12.4 Å². The highest BCUT2D eigenvalue weighted by molar-refractivity contribution is 7.91. The summed E-state index contributed by atoms with van der Waals surface area (Å²) in [6, 6.07) is 14.8. The van der Waals surface area contributed by atoms with Crippen LogP contribution in [0.4, 0.5) is 0 Å². The summed E-state index contributed by atoms with van der Waals surface area (Å²) < 4.78 is 27.6. The number of rotatable bonds is 8.